The van der Waals surface area contributed by atoms with E-state index in [-0.39, 0.29) is 46.5 Å². The zero-order chi connectivity index (χ0) is 27.2. The van der Waals surface area contributed by atoms with Crippen LogP contribution in [0.3, 0.4) is 0 Å². The fraction of sp³-hybridized carbons (Fsp3) is 0.677. The molecule has 37 heavy (non-hydrogen) atoms. The van der Waals surface area contributed by atoms with E-state index in [1.165, 1.54) is 7.11 Å². The lowest BCUT2D eigenvalue weighted by atomic mass is 9.35. The molecule has 1 heterocycles. The van der Waals surface area contributed by atoms with Crippen molar-refractivity contribution in [2.45, 2.75) is 78.7 Å². The molecule has 5 rings (SSSR count). The predicted octanol–water partition coefficient (Wildman–Crippen LogP) is 4.61. The number of fused-ring (bicyclic) bond motifs is 7. The number of hydrogen-bond acceptors (Lipinski definition) is 5. The lowest BCUT2D eigenvalue weighted by molar-refractivity contribution is -0.189. The number of ketones is 1. The van der Waals surface area contributed by atoms with E-state index in [4.69, 9.17) is 11.2 Å². The number of hydrogen-bond donors (Lipinski definition) is 0. The van der Waals surface area contributed by atoms with Gasteiger partial charge in [-0.1, -0.05) is 33.6 Å². The molecule has 0 aromatic carbocycles. The van der Waals surface area contributed by atoms with Gasteiger partial charge in [0.15, 0.2) is 5.78 Å². The van der Waals surface area contributed by atoms with Gasteiger partial charge in [0.25, 0.3) is 5.91 Å². The van der Waals surface area contributed by atoms with E-state index in [1.807, 2.05) is 6.07 Å². The molecule has 1 aliphatic heterocycles. The monoisotopic (exact) mass is 502 g/mol. The minimum atomic E-state index is -1.01. The summed E-state index contributed by atoms with van der Waals surface area (Å²) in [7, 11) is 3.17. The largest absolute Gasteiger partial charge is 0.469 e. The van der Waals surface area contributed by atoms with Crippen molar-refractivity contribution in [2.75, 3.05) is 14.2 Å². The molecule has 4 aliphatic carbocycles. The molecule has 3 saturated carbocycles. The molecule has 1 amide bonds. The summed E-state index contributed by atoms with van der Waals surface area (Å²) in [6.07, 6.45) is 15.0. The van der Waals surface area contributed by atoms with Crippen LogP contribution < -0.4 is 0 Å². The quantitative estimate of drug-likeness (QED) is 0.386. The van der Waals surface area contributed by atoms with E-state index in [0.29, 0.717) is 12.8 Å². The maximum Gasteiger partial charge on any atom is 0.312 e. The number of allylic oxidation sites excluding steroid dienone is 1. The molecular weight excluding hydrogens is 464 g/mol. The first kappa shape index (κ1) is 25.8. The van der Waals surface area contributed by atoms with Gasteiger partial charge >= 0.3 is 5.97 Å². The van der Waals surface area contributed by atoms with E-state index >= 15 is 0 Å². The Kier molecular flexibility index (Phi) is 5.45. The molecular formula is C31H38N2O4. The number of amides is 1. The van der Waals surface area contributed by atoms with Gasteiger partial charge in [-0.25, -0.2) is 0 Å². The Balaban J connectivity index is 1.72. The van der Waals surface area contributed by atoms with Crippen molar-refractivity contribution in [1.82, 2.24) is 4.90 Å². The topological polar surface area (TPSA) is 87.5 Å². The average Bonchev–Trinajstić information content (AvgIpc) is 2.86. The van der Waals surface area contributed by atoms with E-state index in [9.17, 15) is 19.6 Å². The molecule has 196 valence electrons. The third-order valence-corrected chi connectivity index (χ3v) is 11.6. The first-order chi connectivity index (χ1) is 17.3. The highest BCUT2D eigenvalue weighted by Gasteiger charge is 2.70. The SMILES string of the molecule is C#C[C@]12C=C(C#N)C(=O)N(C)[C@@H]1CC[C@]1(C)C2=CC(=O)[C@@H]2[C@@H]3CC(C)(C)CC[C@]3(C(=O)OC)CC[C@]21C. The van der Waals surface area contributed by atoms with Crippen LogP contribution in [-0.4, -0.2) is 42.8 Å². The fourth-order valence-electron chi connectivity index (χ4n) is 9.28. The molecule has 0 radical (unpaired) electrons. The van der Waals surface area contributed by atoms with Crippen LogP contribution in [0.25, 0.3) is 0 Å². The standard InChI is InChI=1S/C31H38N2O4/c1-8-30-16-19(18-32)25(35)33(6)23(30)9-10-28(4)22(30)15-21(34)24-20-17-27(2,3)11-13-31(20,26(36)37-7)14-12-29(24,28)5/h1,15-16,20,23-24H,9-14,17H2,2-7H3/t20-,23+,24-,28+,29+,30+,31-/m0/s1. The predicted molar refractivity (Wildman–Crippen MR) is 138 cm³/mol. The number of rotatable bonds is 1. The van der Waals surface area contributed by atoms with Crippen molar-refractivity contribution in [1.29, 1.82) is 5.26 Å². The Morgan fingerprint density at radius 2 is 1.81 bits per heavy atom. The van der Waals surface area contributed by atoms with Crippen LogP contribution in [0.5, 0.6) is 0 Å². The third-order valence-electron chi connectivity index (χ3n) is 11.6. The Hall–Kier alpha value is -2.86. The summed E-state index contributed by atoms with van der Waals surface area (Å²) in [4.78, 5) is 42.1. The highest BCUT2D eigenvalue weighted by molar-refractivity contribution is 6.00. The molecule has 0 saturated heterocycles. The lowest BCUT2D eigenvalue weighted by Crippen LogP contribution is -2.67. The van der Waals surface area contributed by atoms with E-state index in [0.717, 1.165) is 37.7 Å². The molecule has 6 nitrogen and oxygen atoms in total. The molecule has 5 aliphatic rings. The van der Waals surface area contributed by atoms with Crippen LogP contribution in [0.1, 0.15) is 72.6 Å². The Bertz CT molecular complexity index is 1250. The van der Waals surface area contributed by atoms with E-state index in [1.54, 1.807) is 24.1 Å². The van der Waals surface area contributed by atoms with Crippen molar-refractivity contribution in [3.05, 3.63) is 23.3 Å². The second-order valence-electron chi connectivity index (χ2n) is 13.5. The van der Waals surface area contributed by atoms with E-state index < -0.39 is 21.7 Å². The highest BCUT2D eigenvalue weighted by atomic mass is 16.5. The Morgan fingerprint density at radius 1 is 1.14 bits per heavy atom. The number of likely N-dealkylation sites (N-methyl/N-ethyl adjacent to an activating group) is 1. The normalized spacial score (nSPS) is 44.0. The second-order valence-corrected chi connectivity index (χ2v) is 13.5. The number of esters is 1. The van der Waals surface area contributed by atoms with Gasteiger partial charge < -0.3 is 9.64 Å². The summed E-state index contributed by atoms with van der Waals surface area (Å²) >= 11 is 0. The zero-order valence-corrected chi connectivity index (χ0v) is 22.9. The van der Waals surface area contributed by atoms with Gasteiger partial charge in [0.05, 0.1) is 24.0 Å². The summed E-state index contributed by atoms with van der Waals surface area (Å²) in [6, 6.07) is 1.74. The van der Waals surface area contributed by atoms with Crippen molar-refractivity contribution >= 4 is 17.7 Å². The Morgan fingerprint density at radius 3 is 2.43 bits per heavy atom. The lowest BCUT2D eigenvalue weighted by Gasteiger charge is -2.67. The van der Waals surface area contributed by atoms with Crippen LogP contribution in [0.2, 0.25) is 0 Å². The summed E-state index contributed by atoms with van der Waals surface area (Å²) in [5, 5.41) is 9.75. The van der Waals surface area contributed by atoms with Crippen molar-refractivity contribution in [2.24, 2.45) is 38.9 Å². The molecule has 7 atom stereocenters. The van der Waals surface area contributed by atoms with Crippen molar-refractivity contribution in [3.8, 4) is 18.4 Å². The smallest absolute Gasteiger partial charge is 0.312 e. The fourth-order valence-corrected chi connectivity index (χ4v) is 9.28. The molecule has 0 aromatic rings. The average molecular weight is 503 g/mol. The number of nitriles is 1. The third kappa shape index (κ3) is 3.02. The molecule has 0 bridgehead atoms. The second kappa shape index (κ2) is 7.83. The van der Waals surface area contributed by atoms with Gasteiger partial charge in [-0.3, -0.25) is 14.4 Å². The van der Waals surface area contributed by atoms with Gasteiger partial charge in [-0.15, -0.1) is 6.42 Å². The number of ether oxygens (including phenoxy) is 1. The van der Waals surface area contributed by atoms with Gasteiger partial charge in [0.1, 0.15) is 11.6 Å². The van der Waals surface area contributed by atoms with Gasteiger partial charge in [0, 0.05) is 13.0 Å². The van der Waals surface area contributed by atoms with Crippen molar-refractivity contribution < 1.29 is 19.1 Å². The first-order valence-corrected chi connectivity index (χ1v) is 13.5. The van der Waals surface area contributed by atoms with Crippen LogP contribution in [0.4, 0.5) is 0 Å². The van der Waals surface area contributed by atoms with E-state index in [2.05, 4.69) is 33.6 Å². The van der Waals surface area contributed by atoms with Crippen LogP contribution in [-0.2, 0) is 19.1 Å². The molecule has 0 aromatic heterocycles. The van der Waals surface area contributed by atoms with Crippen molar-refractivity contribution in [3.63, 3.8) is 0 Å². The number of nitrogens with zero attached hydrogens (tertiary/aromatic N) is 2. The maximum atomic E-state index is 14.3. The highest BCUT2D eigenvalue weighted by Crippen LogP contribution is 2.73. The number of terminal acetylenes is 1. The molecule has 6 heteroatoms. The number of methoxy groups -OCH3 is 1. The van der Waals surface area contributed by atoms with Gasteiger partial charge in [-0.05, 0) is 84.8 Å². The molecule has 0 spiro atoms. The number of carbonyl (C=O) groups excluding carboxylic acids is 3. The van der Waals surface area contributed by atoms with Gasteiger partial charge in [0.2, 0.25) is 0 Å². The van der Waals surface area contributed by atoms with Crippen LogP contribution in [0.15, 0.2) is 23.3 Å². The van der Waals surface area contributed by atoms with Crippen LogP contribution in [0, 0.1) is 62.6 Å². The minimum Gasteiger partial charge on any atom is -0.469 e. The summed E-state index contributed by atoms with van der Waals surface area (Å²) in [6.45, 7) is 8.92. The Labute approximate surface area is 220 Å². The van der Waals surface area contributed by atoms with Crippen LogP contribution >= 0.6 is 0 Å². The minimum absolute atomic E-state index is 0.0207. The first-order valence-electron chi connectivity index (χ1n) is 13.5. The molecule has 0 unspecified atom stereocenters. The summed E-state index contributed by atoms with van der Waals surface area (Å²) in [5.74, 6) is 2.08. The van der Waals surface area contributed by atoms with Gasteiger partial charge in [-0.2, -0.15) is 5.26 Å². The summed E-state index contributed by atoms with van der Waals surface area (Å²) < 4.78 is 5.38. The summed E-state index contributed by atoms with van der Waals surface area (Å²) in [5.41, 5.74) is -1.57. The zero-order valence-electron chi connectivity index (χ0n) is 22.9. The number of carbonyl (C=O) groups is 3. The molecule has 3 fully saturated rings. The maximum absolute atomic E-state index is 14.3. The molecule has 0 N–H and O–H groups in total.